The van der Waals surface area contributed by atoms with Gasteiger partial charge in [0.25, 0.3) is 0 Å². The minimum Gasteiger partial charge on any atom is -0.358 e. The molecule has 110 valence electrons. The Morgan fingerprint density at radius 1 is 1.24 bits per heavy atom. The molecule has 21 heavy (non-hydrogen) atoms. The van der Waals surface area contributed by atoms with Crippen molar-refractivity contribution >= 4 is 16.8 Å². The van der Waals surface area contributed by atoms with Crippen LogP contribution in [-0.2, 0) is 4.79 Å². The van der Waals surface area contributed by atoms with Crippen LogP contribution in [0.25, 0.3) is 10.9 Å². The largest absolute Gasteiger partial charge is 0.358 e. The van der Waals surface area contributed by atoms with Crippen molar-refractivity contribution in [3.05, 3.63) is 36.0 Å². The molecule has 1 aliphatic carbocycles. The van der Waals surface area contributed by atoms with Crippen molar-refractivity contribution < 1.29 is 4.79 Å². The summed E-state index contributed by atoms with van der Waals surface area (Å²) in [6.07, 6.45) is 3.26. The molecular weight excluding hydrogens is 260 g/mol. The molecule has 2 aliphatic rings. The topological polar surface area (TPSA) is 36.1 Å². The number of piperidine rings is 1. The van der Waals surface area contributed by atoms with Gasteiger partial charge in [0, 0.05) is 36.1 Å². The van der Waals surface area contributed by atoms with Crippen molar-refractivity contribution in [1.82, 2.24) is 9.88 Å². The summed E-state index contributed by atoms with van der Waals surface area (Å²) in [5.41, 5.74) is 2.56. The van der Waals surface area contributed by atoms with E-state index in [9.17, 15) is 4.79 Å². The molecule has 2 aromatic rings. The van der Waals surface area contributed by atoms with Gasteiger partial charge in [-0.2, -0.15) is 0 Å². The standard InChI is InChI=1S/C18H22N2O/c1-12-10-15(12)18(21)20-8-6-13(7-9-20)17-11-14-4-2-3-5-16(14)19-17/h2-5,11-13,15,19H,6-10H2,1H3/t12-,15+/m1/s1. The van der Waals surface area contributed by atoms with E-state index in [1.54, 1.807) is 0 Å². The van der Waals surface area contributed by atoms with Crippen molar-refractivity contribution in [3.8, 4) is 0 Å². The van der Waals surface area contributed by atoms with Gasteiger partial charge in [-0.25, -0.2) is 0 Å². The third kappa shape index (κ3) is 2.35. The molecule has 1 aliphatic heterocycles. The van der Waals surface area contributed by atoms with Gasteiger partial charge < -0.3 is 9.88 Å². The van der Waals surface area contributed by atoms with Gasteiger partial charge in [-0.05, 0) is 42.7 Å². The van der Waals surface area contributed by atoms with Crippen LogP contribution in [0, 0.1) is 11.8 Å². The summed E-state index contributed by atoms with van der Waals surface area (Å²) >= 11 is 0. The van der Waals surface area contributed by atoms with Crippen LogP contribution in [0.5, 0.6) is 0 Å². The van der Waals surface area contributed by atoms with Crippen molar-refractivity contribution in [2.75, 3.05) is 13.1 Å². The zero-order valence-electron chi connectivity index (χ0n) is 12.5. The number of nitrogens with zero attached hydrogens (tertiary/aromatic N) is 1. The van der Waals surface area contributed by atoms with E-state index < -0.39 is 0 Å². The van der Waals surface area contributed by atoms with Gasteiger partial charge in [0.15, 0.2) is 0 Å². The Morgan fingerprint density at radius 3 is 2.62 bits per heavy atom. The van der Waals surface area contributed by atoms with Gasteiger partial charge in [0.2, 0.25) is 5.91 Å². The van der Waals surface area contributed by atoms with Crippen LogP contribution in [0.2, 0.25) is 0 Å². The van der Waals surface area contributed by atoms with Crippen LogP contribution in [0.15, 0.2) is 30.3 Å². The Hall–Kier alpha value is -1.77. The predicted molar refractivity (Wildman–Crippen MR) is 84.1 cm³/mol. The summed E-state index contributed by atoms with van der Waals surface area (Å²) in [6, 6.07) is 10.7. The second-order valence-corrected chi connectivity index (χ2v) is 6.73. The second-order valence-electron chi connectivity index (χ2n) is 6.73. The molecule has 0 radical (unpaired) electrons. The summed E-state index contributed by atoms with van der Waals surface area (Å²) in [5, 5.41) is 1.29. The minimum atomic E-state index is 0.328. The molecule has 1 aromatic carbocycles. The smallest absolute Gasteiger partial charge is 0.225 e. The molecule has 0 spiro atoms. The number of benzene rings is 1. The molecule has 3 heteroatoms. The van der Waals surface area contributed by atoms with Crippen LogP contribution >= 0.6 is 0 Å². The molecule has 1 aromatic heterocycles. The molecule has 1 saturated carbocycles. The number of H-pyrrole nitrogens is 1. The molecule has 0 unspecified atom stereocenters. The third-order valence-corrected chi connectivity index (χ3v) is 5.22. The highest BCUT2D eigenvalue weighted by Gasteiger charge is 2.42. The minimum absolute atomic E-state index is 0.328. The van der Waals surface area contributed by atoms with E-state index in [0.717, 1.165) is 32.4 Å². The maximum Gasteiger partial charge on any atom is 0.225 e. The van der Waals surface area contributed by atoms with E-state index in [1.807, 2.05) is 0 Å². The van der Waals surface area contributed by atoms with Gasteiger partial charge in [-0.15, -0.1) is 0 Å². The Morgan fingerprint density at radius 2 is 1.95 bits per heavy atom. The summed E-state index contributed by atoms with van der Waals surface area (Å²) in [7, 11) is 0. The normalized spacial score (nSPS) is 26.2. The number of aromatic amines is 1. The second kappa shape index (κ2) is 4.90. The Kier molecular flexibility index (Phi) is 3.02. The van der Waals surface area contributed by atoms with Crippen LogP contribution in [0.4, 0.5) is 0 Å². The molecule has 3 nitrogen and oxygen atoms in total. The van der Waals surface area contributed by atoms with Crippen LogP contribution in [0.1, 0.15) is 37.8 Å². The number of hydrogen-bond acceptors (Lipinski definition) is 1. The first kappa shape index (κ1) is 12.9. The van der Waals surface area contributed by atoms with Crippen LogP contribution in [-0.4, -0.2) is 28.9 Å². The number of carbonyl (C=O) groups is 1. The lowest BCUT2D eigenvalue weighted by atomic mass is 9.93. The number of rotatable bonds is 2. The van der Waals surface area contributed by atoms with Crippen molar-refractivity contribution in [2.24, 2.45) is 11.8 Å². The van der Waals surface area contributed by atoms with Gasteiger partial charge in [-0.1, -0.05) is 25.1 Å². The molecule has 1 amide bonds. The Bertz CT molecular complexity index is 634. The summed E-state index contributed by atoms with van der Waals surface area (Å²) in [4.78, 5) is 17.9. The van der Waals surface area contributed by atoms with Crippen LogP contribution in [0.3, 0.4) is 0 Å². The predicted octanol–water partition coefficient (Wildman–Crippen LogP) is 3.53. The summed E-state index contributed by atoms with van der Waals surface area (Å²) in [5.74, 6) is 1.91. The molecule has 2 heterocycles. The average molecular weight is 282 g/mol. The quantitative estimate of drug-likeness (QED) is 0.898. The summed E-state index contributed by atoms with van der Waals surface area (Å²) < 4.78 is 0. The molecule has 2 atom stereocenters. The SMILES string of the molecule is C[C@@H]1C[C@@H]1C(=O)N1CCC(c2cc3ccccc3[nH]2)CC1. The fourth-order valence-corrected chi connectivity index (χ4v) is 3.63. The lowest BCUT2D eigenvalue weighted by molar-refractivity contribution is -0.133. The highest BCUT2D eigenvalue weighted by Crippen LogP contribution is 2.40. The highest BCUT2D eigenvalue weighted by atomic mass is 16.2. The van der Waals surface area contributed by atoms with E-state index in [4.69, 9.17) is 0 Å². The number of amides is 1. The zero-order valence-corrected chi connectivity index (χ0v) is 12.5. The third-order valence-electron chi connectivity index (χ3n) is 5.22. The number of hydrogen-bond donors (Lipinski definition) is 1. The fourth-order valence-electron chi connectivity index (χ4n) is 3.63. The maximum atomic E-state index is 12.3. The van der Waals surface area contributed by atoms with E-state index >= 15 is 0 Å². The number of likely N-dealkylation sites (tertiary alicyclic amines) is 1. The molecule has 0 bridgehead atoms. The van der Waals surface area contributed by atoms with E-state index in [-0.39, 0.29) is 0 Å². The lowest BCUT2D eigenvalue weighted by Gasteiger charge is -2.32. The maximum absolute atomic E-state index is 12.3. The number of nitrogens with one attached hydrogen (secondary N) is 1. The Labute approximate surface area is 125 Å². The van der Waals surface area contributed by atoms with E-state index in [0.29, 0.717) is 23.7 Å². The number of aromatic nitrogens is 1. The number of carbonyl (C=O) groups excluding carboxylic acids is 1. The first-order chi connectivity index (χ1) is 10.2. The first-order valence-electron chi connectivity index (χ1n) is 8.09. The average Bonchev–Trinajstić information content (AvgIpc) is 3.09. The summed E-state index contributed by atoms with van der Waals surface area (Å²) in [6.45, 7) is 4.02. The van der Waals surface area contributed by atoms with Gasteiger partial charge >= 0.3 is 0 Å². The zero-order chi connectivity index (χ0) is 14.4. The Balaban J connectivity index is 1.43. The number of fused-ring (bicyclic) bond motifs is 1. The van der Waals surface area contributed by atoms with Gasteiger partial charge in [-0.3, -0.25) is 4.79 Å². The van der Waals surface area contributed by atoms with Crippen LogP contribution < -0.4 is 0 Å². The molecule has 1 saturated heterocycles. The van der Waals surface area contributed by atoms with E-state index in [1.165, 1.54) is 16.6 Å². The van der Waals surface area contributed by atoms with Crippen molar-refractivity contribution in [2.45, 2.75) is 32.1 Å². The van der Waals surface area contributed by atoms with Gasteiger partial charge in [0.05, 0.1) is 0 Å². The van der Waals surface area contributed by atoms with Gasteiger partial charge in [0.1, 0.15) is 0 Å². The van der Waals surface area contributed by atoms with E-state index in [2.05, 4.69) is 47.1 Å². The first-order valence-corrected chi connectivity index (χ1v) is 8.09. The molecule has 1 N–H and O–H groups in total. The molecular formula is C18H22N2O. The number of para-hydroxylation sites is 1. The monoisotopic (exact) mass is 282 g/mol. The van der Waals surface area contributed by atoms with Crippen molar-refractivity contribution in [3.63, 3.8) is 0 Å². The molecule has 2 fully saturated rings. The lowest BCUT2D eigenvalue weighted by Crippen LogP contribution is -2.39. The fraction of sp³-hybridized carbons (Fsp3) is 0.500. The van der Waals surface area contributed by atoms with Crippen molar-refractivity contribution in [1.29, 1.82) is 0 Å². The highest BCUT2D eigenvalue weighted by molar-refractivity contribution is 5.82. The molecule has 4 rings (SSSR count).